The molecule has 2 aromatic heterocycles. The summed E-state index contributed by atoms with van der Waals surface area (Å²) in [6.45, 7) is -0.447. The van der Waals surface area contributed by atoms with Gasteiger partial charge in [0.1, 0.15) is 18.3 Å². The number of rotatable bonds is 2. The highest BCUT2D eigenvalue weighted by Gasteiger charge is 2.44. The molecule has 4 atom stereocenters. The molecule has 0 unspecified atom stereocenters. The Morgan fingerprint density at radius 2 is 2.14 bits per heavy atom. The van der Waals surface area contributed by atoms with Crippen LogP contribution in [0, 0.1) is 0 Å². The van der Waals surface area contributed by atoms with Gasteiger partial charge in [-0.15, -0.1) is 0 Å². The van der Waals surface area contributed by atoms with Crippen LogP contribution in [0.2, 0.25) is 0 Å². The quantitative estimate of drug-likeness (QED) is 0.365. The fourth-order valence-corrected chi connectivity index (χ4v) is 2.24. The smallest absolute Gasteiger partial charge is 0.280 e. The third-order valence-corrected chi connectivity index (χ3v) is 3.24. The zero-order valence-electron chi connectivity index (χ0n) is 10.7. The lowest BCUT2D eigenvalue weighted by Gasteiger charge is -2.16. The van der Waals surface area contributed by atoms with Gasteiger partial charge in [0.25, 0.3) is 5.56 Å². The molecule has 11 heteroatoms. The number of aliphatic hydroxyl groups excluding tert-OH is 3. The van der Waals surface area contributed by atoms with E-state index in [-0.39, 0.29) is 34.5 Å². The van der Waals surface area contributed by atoms with Crippen LogP contribution in [0.5, 0.6) is 0 Å². The van der Waals surface area contributed by atoms with Crippen LogP contribution in [0.1, 0.15) is 6.23 Å². The number of fused-ring (bicyclic) bond motifs is 1. The summed E-state index contributed by atoms with van der Waals surface area (Å²) in [6.07, 6.45) is -3.21. The molecule has 0 amide bonds. The Kier molecular flexibility index (Phi) is 4.33. The summed E-state index contributed by atoms with van der Waals surface area (Å²) < 4.78 is 6.64. The summed E-state index contributed by atoms with van der Waals surface area (Å²) in [4.78, 5) is 21.8. The van der Waals surface area contributed by atoms with Gasteiger partial charge in [0.2, 0.25) is 5.95 Å². The van der Waals surface area contributed by atoms with Gasteiger partial charge in [-0.1, -0.05) is 0 Å². The van der Waals surface area contributed by atoms with E-state index in [1.807, 2.05) is 0 Å². The first kappa shape index (κ1) is 15.9. The fraction of sp³-hybridized carbons (Fsp3) is 0.500. The number of nitrogens with two attached hydrogens (primary N) is 1. The maximum atomic E-state index is 11.7. The first-order chi connectivity index (χ1) is 9.52. The molecule has 2 aromatic rings. The molecule has 1 saturated heterocycles. The Hall–Kier alpha value is -1.48. The Labute approximate surface area is 128 Å². The topological polar surface area (TPSA) is 160 Å². The summed E-state index contributed by atoms with van der Waals surface area (Å²) >= 11 is 0. The van der Waals surface area contributed by atoms with Crippen LogP contribution in [0.15, 0.2) is 11.1 Å². The molecule has 0 aliphatic carbocycles. The van der Waals surface area contributed by atoms with Crippen molar-refractivity contribution in [3.8, 4) is 0 Å². The van der Waals surface area contributed by atoms with Gasteiger partial charge in [0.15, 0.2) is 17.4 Å². The lowest BCUT2D eigenvalue weighted by molar-refractivity contribution is -0.0511. The van der Waals surface area contributed by atoms with Gasteiger partial charge in [-0.25, -0.2) is 4.98 Å². The van der Waals surface area contributed by atoms with Gasteiger partial charge in [-0.2, -0.15) is 4.98 Å². The molecule has 3 heterocycles. The molecule has 21 heavy (non-hydrogen) atoms. The minimum atomic E-state index is -1.29. The molecular weight excluding hydrogens is 297 g/mol. The van der Waals surface area contributed by atoms with Crippen molar-refractivity contribution in [3.05, 3.63) is 16.7 Å². The first-order valence-corrected chi connectivity index (χ1v) is 5.87. The second-order valence-corrected chi connectivity index (χ2v) is 4.50. The predicted molar refractivity (Wildman–Crippen MR) is 71.3 cm³/mol. The van der Waals surface area contributed by atoms with Gasteiger partial charge in [-0.3, -0.25) is 14.3 Å². The van der Waals surface area contributed by atoms with E-state index < -0.39 is 36.7 Å². The van der Waals surface area contributed by atoms with E-state index in [2.05, 4.69) is 15.0 Å². The number of nitrogen functional groups attached to an aromatic ring is 1. The minimum absolute atomic E-state index is 0. The average Bonchev–Trinajstić information content (AvgIpc) is 2.93. The standard InChI is InChI=1S/C10H13N5O5.Al/c11-10-13-7-4(8(19)14-10)12-2-15(7)9-6(18)5(17)3(1-16)20-9;/h2-3,5-6,9,16-18H,1H2,(H3,11,13,14,19);/t3-,5-,6-,9-;/m1./s1. The third kappa shape index (κ3) is 2.44. The van der Waals surface area contributed by atoms with E-state index in [1.165, 1.54) is 10.9 Å². The Bertz CT molecular complexity index is 703. The fourth-order valence-electron chi connectivity index (χ4n) is 2.24. The number of hydrogen-bond acceptors (Lipinski definition) is 8. The Morgan fingerprint density at radius 1 is 1.43 bits per heavy atom. The number of hydrogen-bond donors (Lipinski definition) is 5. The number of nitrogens with one attached hydrogen (secondary N) is 1. The zero-order valence-corrected chi connectivity index (χ0v) is 11.9. The van der Waals surface area contributed by atoms with Gasteiger partial charge < -0.3 is 25.8 Å². The van der Waals surface area contributed by atoms with Crippen molar-refractivity contribution >= 4 is 34.5 Å². The Morgan fingerprint density at radius 3 is 2.76 bits per heavy atom. The van der Waals surface area contributed by atoms with Crippen molar-refractivity contribution in [1.82, 2.24) is 19.5 Å². The lowest BCUT2D eigenvalue weighted by Crippen LogP contribution is -2.33. The molecular formula is C10H13AlN5O5. The molecule has 1 aliphatic rings. The van der Waals surface area contributed by atoms with Crippen molar-refractivity contribution < 1.29 is 20.1 Å². The molecule has 10 nitrogen and oxygen atoms in total. The van der Waals surface area contributed by atoms with E-state index in [0.29, 0.717) is 0 Å². The van der Waals surface area contributed by atoms with Gasteiger partial charge in [0.05, 0.1) is 12.9 Å². The molecule has 0 bridgehead atoms. The molecule has 0 saturated carbocycles. The highest BCUT2D eigenvalue weighted by Crippen LogP contribution is 2.30. The van der Waals surface area contributed by atoms with E-state index in [9.17, 15) is 15.0 Å². The molecule has 1 fully saturated rings. The summed E-state index contributed by atoms with van der Waals surface area (Å²) in [5.41, 5.74) is 5.12. The largest absolute Gasteiger partial charge is 0.394 e. The van der Waals surface area contributed by atoms with Crippen LogP contribution < -0.4 is 11.3 Å². The maximum absolute atomic E-state index is 11.7. The van der Waals surface area contributed by atoms with Crippen molar-refractivity contribution in [2.45, 2.75) is 24.5 Å². The molecule has 6 N–H and O–H groups in total. The van der Waals surface area contributed by atoms with Crippen LogP contribution in [0.25, 0.3) is 11.2 Å². The average molecular weight is 310 g/mol. The van der Waals surface area contributed by atoms with Gasteiger partial charge in [-0.05, 0) is 0 Å². The van der Waals surface area contributed by atoms with Crippen LogP contribution in [-0.4, -0.2) is 77.1 Å². The van der Waals surface area contributed by atoms with Crippen LogP contribution in [0.3, 0.4) is 0 Å². The van der Waals surface area contributed by atoms with E-state index >= 15 is 0 Å². The van der Waals surface area contributed by atoms with E-state index in [4.69, 9.17) is 15.6 Å². The predicted octanol–water partition coefficient (Wildman–Crippen LogP) is -3.07. The first-order valence-electron chi connectivity index (χ1n) is 5.87. The van der Waals surface area contributed by atoms with Crippen molar-refractivity contribution in [1.29, 1.82) is 0 Å². The molecule has 3 radical (unpaired) electrons. The van der Waals surface area contributed by atoms with E-state index in [1.54, 1.807) is 0 Å². The number of ether oxygens (including phenoxy) is 1. The number of H-pyrrole nitrogens is 1. The summed E-state index contributed by atoms with van der Waals surface area (Å²) in [5, 5.41) is 28.7. The number of anilines is 1. The zero-order chi connectivity index (χ0) is 14.4. The monoisotopic (exact) mass is 310 g/mol. The van der Waals surface area contributed by atoms with Gasteiger partial charge in [0, 0.05) is 17.4 Å². The third-order valence-electron chi connectivity index (χ3n) is 3.24. The lowest BCUT2D eigenvalue weighted by atomic mass is 10.1. The molecule has 1 aliphatic heterocycles. The highest BCUT2D eigenvalue weighted by atomic mass is 27.0. The number of imidazole rings is 1. The Balaban J connectivity index is 0.00000161. The highest BCUT2D eigenvalue weighted by molar-refractivity contribution is 5.75. The number of aromatic amines is 1. The van der Waals surface area contributed by atoms with Gasteiger partial charge >= 0.3 is 0 Å². The summed E-state index contributed by atoms with van der Waals surface area (Å²) in [5.74, 6) is -0.101. The minimum Gasteiger partial charge on any atom is -0.394 e. The van der Waals surface area contributed by atoms with Crippen molar-refractivity contribution in [3.63, 3.8) is 0 Å². The van der Waals surface area contributed by atoms with Crippen molar-refractivity contribution in [2.24, 2.45) is 0 Å². The molecule has 0 spiro atoms. The summed E-state index contributed by atoms with van der Waals surface area (Å²) in [7, 11) is 0. The second kappa shape index (κ2) is 5.72. The van der Waals surface area contributed by atoms with Crippen LogP contribution in [-0.2, 0) is 4.74 Å². The normalized spacial score (nSPS) is 28.7. The van der Waals surface area contributed by atoms with Crippen molar-refractivity contribution in [2.75, 3.05) is 12.3 Å². The number of aromatic nitrogens is 4. The maximum Gasteiger partial charge on any atom is 0.280 e. The van der Waals surface area contributed by atoms with Crippen LogP contribution >= 0.6 is 0 Å². The molecule has 0 aromatic carbocycles. The van der Waals surface area contributed by atoms with Crippen LogP contribution in [0.4, 0.5) is 5.95 Å². The molecule has 111 valence electrons. The second-order valence-electron chi connectivity index (χ2n) is 4.50. The SMILES string of the molecule is Nc1nc2c(ncn2[C@@H]2O[C@H](CO)[C@@H](O)[C@H]2O)c(=O)[nH]1.[Al]. The summed E-state index contributed by atoms with van der Waals surface area (Å²) in [6, 6.07) is 0. The number of aliphatic hydroxyl groups is 3. The number of nitrogens with zero attached hydrogens (tertiary/aromatic N) is 3. The molecule has 3 rings (SSSR count). The van der Waals surface area contributed by atoms with E-state index in [0.717, 1.165) is 0 Å².